The summed E-state index contributed by atoms with van der Waals surface area (Å²) in [5, 5.41) is 6.04. The molecule has 0 radical (unpaired) electrons. The summed E-state index contributed by atoms with van der Waals surface area (Å²) < 4.78 is 11.9. The fraction of sp³-hybridized carbons (Fsp3) is 0.533. The van der Waals surface area contributed by atoms with E-state index in [4.69, 9.17) is 9.15 Å². The van der Waals surface area contributed by atoms with E-state index in [1.54, 1.807) is 4.90 Å². The van der Waals surface area contributed by atoms with Crippen molar-refractivity contribution in [1.82, 2.24) is 14.7 Å². The molecular weight excluding hydrogens is 318 g/mol. The normalized spacial score (nSPS) is 21.6. The van der Waals surface area contributed by atoms with E-state index >= 15 is 0 Å². The third-order valence-corrected chi connectivity index (χ3v) is 4.66. The highest BCUT2D eigenvalue weighted by molar-refractivity contribution is 7.13. The Morgan fingerprint density at radius 1 is 1.48 bits per heavy atom. The van der Waals surface area contributed by atoms with Gasteiger partial charge >= 0.3 is 5.76 Å². The summed E-state index contributed by atoms with van der Waals surface area (Å²) in [4.78, 5) is 26.8. The molecule has 0 bridgehead atoms. The summed E-state index contributed by atoms with van der Waals surface area (Å²) in [7, 11) is 0. The van der Waals surface area contributed by atoms with Crippen LogP contribution in [0.4, 0.5) is 0 Å². The Bertz CT molecular complexity index is 721. The van der Waals surface area contributed by atoms with Gasteiger partial charge in [0.1, 0.15) is 0 Å². The minimum absolute atomic E-state index is 0.000207. The highest BCUT2D eigenvalue weighted by Gasteiger charge is 2.27. The number of amides is 1. The van der Waals surface area contributed by atoms with Crippen LogP contribution < -0.4 is 5.76 Å². The van der Waals surface area contributed by atoms with Crippen molar-refractivity contribution in [3.63, 3.8) is 0 Å². The van der Waals surface area contributed by atoms with Crippen molar-refractivity contribution in [1.29, 1.82) is 0 Å². The van der Waals surface area contributed by atoms with Crippen LogP contribution >= 0.6 is 11.3 Å². The summed E-state index contributed by atoms with van der Waals surface area (Å²) in [6.45, 7) is 5.24. The van der Waals surface area contributed by atoms with E-state index < -0.39 is 5.76 Å². The van der Waals surface area contributed by atoms with Gasteiger partial charge < -0.3 is 14.1 Å². The Kier molecular flexibility index (Phi) is 4.63. The molecule has 0 N–H and O–H groups in total. The largest absolute Gasteiger partial charge is 0.437 e. The number of carbonyl (C=O) groups excluding carboxylic acids is 1. The van der Waals surface area contributed by atoms with Crippen LogP contribution in [0.1, 0.15) is 20.3 Å². The van der Waals surface area contributed by atoms with E-state index in [0.29, 0.717) is 19.0 Å². The zero-order chi connectivity index (χ0) is 16.4. The Balaban J connectivity index is 1.64. The van der Waals surface area contributed by atoms with Crippen LogP contribution in [0.25, 0.3) is 10.8 Å². The van der Waals surface area contributed by atoms with Crippen LogP contribution in [0.3, 0.4) is 0 Å². The first-order valence-electron chi connectivity index (χ1n) is 7.57. The number of carbonyl (C=O) groups is 1. The van der Waals surface area contributed by atoms with Gasteiger partial charge in [0.05, 0.1) is 30.2 Å². The summed E-state index contributed by atoms with van der Waals surface area (Å²) in [6.07, 6.45) is 0.253. The molecule has 0 saturated carbocycles. The van der Waals surface area contributed by atoms with Gasteiger partial charge in [-0.05, 0) is 25.3 Å². The van der Waals surface area contributed by atoms with Crippen LogP contribution in [0.2, 0.25) is 0 Å². The maximum Gasteiger partial charge on any atom is 0.437 e. The highest BCUT2D eigenvalue weighted by Crippen LogP contribution is 2.21. The zero-order valence-electron chi connectivity index (χ0n) is 13.1. The number of aryl methyl sites for hydroxylation is 1. The molecule has 3 rings (SSSR count). The van der Waals surface area contributed by atoms with Crippen LogP contribution in [-0.4, -0.2) is 45.9 Å². The molecule has 0 spiro atoms. The standard InChI is InChI=1S/C15H19N3O4S/c1-10-9-21-11(2)8-17(10)13(19)5-6-18-15(20)22-14(16-18)12-4-3-7-23-12/h3-4,7,10-11H,5-6,8-9H2,1-2H3. The number of nitrogens with zero attached hydrogens (tertiary/aromatic N) is 3. The van der Waals surface area contributed by atoms with Gasteiger partial charge in [-0.15, -0.1) is 16.4 Å². The molecular formula is C15H19N3O4S. The first-order valence-corrected chi connectivity index (χ1v) is 8.45. The van der Waals surface area contributed by atoms with Crippen molar-refractivity contribution in [2.45, 2.75) is 39.0 Å². The number of morpholine rings is 1. The molecule has 0 aromatic carbocycles. The Morgan fingerprint density at radius 3 is 3.04 bits per heavy atom. The summed E-state index contributed by atoms with van der Waals surface area (Å²) >= 11 is 1.45. The summed E-state index contributed by atoms with van der Waals surface area (Å²) in [5.74, 6) is -0.240. The van der Waals surface area contributed by atoms with Gasteiger partial charge in [0.15, 0.2) is 0 Å². The predicted octanol–water partition coefficient (Wildman–Crippen LogP) is 1.59. The molecule has 1 fully saturated rings. The fourth-order valence-electron chi connectivity index (χ4n) is 2.54. The number of hydrogen-bond acceptors (Lipinski definition) is 6. The Hall–Kier alpha value is -1.93. The van der Waals surface area contributed by atoms with Crippen molar-refractivity contribution < 1.29 is 13.9 Å². The van der Waals surface area contributed by atoms with E-state index in [1.165, 1.54) is 16.0 Å². The lowest BCUT2D eigenvalue weighted by molar-refractivity contribution is -0.143. The minimum Gasteiger partial charge on any atom is -0.387 e. The first-order chi connectivity index (χ1) is 11.0. The highest BCUT2D eigenvalue weighted by atomic mass is 32.1. The molecule has 2 atom stereocenters. The first kappa shape index (κ1) is 15.9. The molecule has 2 unspecified atom stereocenters. The average molecular weight is 337 g/mol. The molecule has 2 aromatic heterocycles. The summed E-state index contributed by atoms with van der Waals surface area (Å²) in [5.41, 5.74) is 0. The zero-order valence-corrected chi connectivity index (χ0v) is 13.9. The lowest BCUT2D eigenvalue weighted by Gasteiger charge is -2.36. The second-order valence-electron chi connectivity index (χ2n) is 5.66. The van der Waals surface area contributed by atoms with Gasteiger partial charge in [0, 0.05) is 13.0 Å². The van der Waals surface area contributed by atoms with E-state index in [-0.39, 0.29) is 31.0 Å². The van der Waals surface area contributed by atoms with E-state index in [1.807, 2.05) is 31.4 Å². The SMILES string of the molecule is CC1CN(C(=O)CCn2nc(-c3cccs3)oc2=O)C(C)CO1. The van der Waals surface area contributed by atoms with Gasteiger partial charge in [-0.3, -0.25) is 4.79 Å². The molecule has 2 aromatic rings. The lowest BCUT2D eigenvalue weighted by Crippen LogP contribution is -2.50. The molecule has 0 aliphatic carbocycles. The second kappa shape index (κ2) is 6.67. The molecule has 8 heteroatoms. The molecule has 1 saturated heterocycles. The molecule has 3 heterocycles. The van der Waals surface area contributed by atoms with Gasteiger partial charge in [0.2, 0.25) is 5.91 Å². The van der Waals surface area contributed by atoms with Crippen molar-refractivity contribution in [3.8, 4) is 10.8 Å². The lowest BCUT2D eigenvalue weighted by atomic mass is 10.2. The maximum atomic E-state index is 12.4. The Morgan fingerprint density at radius 2 is 2.30 bits per heavy atom. The third-order valence-electron chi connectivity index (χ3n) is 3.80. The second-order valence-corrected chi connectivity index (χ2v) is 6.61. The molecule has 1 amide bonds. The van der Waals surface area contributed by atoms with Crippen LogP contribution in [0, 0.1) is 0 Å². The molecule has 1 aliphatic heterocycles. The molecule has 1 aliphatic rings. The van der Waals surface area contributed by atoms with Gasteiger partial charge in [-0.25, -0.2) is 4.79 Å². The molecule has 124 valence electrons. The Labute approximate surface area is 137 Å². The van der Waals surface area contributed by atoms with E-state index in [9.17, 15) is 9.59 Å². The van der Waals surface area contributed by atoms with Crippen molar-refractivity contribution in [3.05, 3.63) is 28.1 Å². The fourth-order valence-corrected chi connectivity index (χ4v) is 3.19. The number of hydrogen-bond donors (Lipinski definition) is 0. The number of thiophene rings is 1. The average Bonchev–Trinajstić information content (AvgIpc) is 3.17. The third kappa shape index (κ3) is 3.53. The van der Waals surface area contributed by atoms with Crippen molar-refractivity contribution in [2.24, 2.45) is 0 Å². The number of aromatic nitrogens is 2. The monoisotopic (exact) mass is 337 g/mol. The van der Waals surface area contributed by atoms with Gasteiger partial charge in [-0.1, -0.05) is 6.07 Å². The van der Waals surface area contributed by atoms with Crippen LogP contribution in [-0.2, 0) is 16.1 Å². The quantitative estimate of drug-likeness (QED) is 0.847. The molecule has 7 nitrogen and oxygen atoms in total. The smallest absolute Gasteiger partial charge is 0.387 e. The van der Waals surface area contributed by atoms with Crippen molar-refractivity contribution >= 4 is 17.2 Å². The predicted molar refractivity (Wildman–Crippen MR) is 85.3 cm³/mol. The van der Waals surface area contributed by atoms with Gasteiger partial charge in [0.25, 0.3) is 5.89 Å². The van der Waals surface area contributed by atoms with Crippen LogP contribution in [0.15, 0.2) is 26.7 Å². The van der Waals surface area contributed by atoms with Crippen LogP contribution in [0.5, 0.6) is 0 Å². The summed E-state index contributed by atoms with van der Waals surface area (Å²) in [6, 6.07) is 3.75. The topological polar surface area (TPSA) is 77.6 Å². The van der Waals surface area contributed by atoms with Crippen molar-refractivity contribution in [2.75, 3.05) is 13.2 Å². The van der Waals surface area contributed by atoms with Gasteiger partial charge in [-0.2, -0.15) is 4.68 Å². The number of rotatable bonds is 4. The van der Waals surface area contributed by atoms with E-state index in [0.717, 1.165) is 4.88 Å². The number of ether oxygens (including phenoxy) is 1. The minimum atomic E-state index is -0.537. The maximum absolute atomic E-state index is 12.4. The van der Waals surface area contributed by atoms with E-state index in [2.05, 4.69) is 5.10 Å². The molecule has 23 heavy (non-hydrogen) atoms.